The Morgan fingerprint density at radius 2 is 2.07 bits per heavy atom. The molecule has 1 aromatic carbocycles. The molecule has 5 rings (SSSR count). The zero-order valence-corrected chi connectivity index (χ0v) is 17.5. The molecule has 30 heavy (non-hydrogen) atoms. The van der Waals surface area contributed by atoms with E-state index >= 15 is 0 Å². The Morgan fingerprint density at radius 3 is 2.93 bits per heavy atom. The number of nitrogens with zero attached hydrogens (tertiary/aromatic N) is 1. The zero-order chi connectivity index (χ0) is 20.9. The number of aryl methyl sites for hydroxylation is 2. The van der Waals surface area contributed by atoms with Gasteiger partial charge in [-0.3, -0.25) is 4.79 Å². The first-order valence-electron chi connectivity index (χ1n) is 11.2. The number of fused-ring (bicyclic) bond motifs is 4. The van der Waals surface area contributed by atoms with Gasteiger partial charge in [-0.15, -0.1) is 0 Å². The molecule has 1 aliphatic heterocycles. The first kappa shape index (κ1) is 19.6. The number of rotatable bonds is 3. The average Bonchev–Trinajstić information content (AvgIpc) is 3.24. The van der Waals surface area contributed by atoms with Gasteiger partial charge in [-0.1, -0.05) is 12.8 Å². The number of ether oxygens (including phenoxy) is 1. The van der Waals surface area contributed by atoms with Crippen LogP contribution in [0.15, 0.2) is 21.3 Å². The number of carbonyl (C=O) groups is 1. The number of likely N-dealkylation sites (tertiary alicyclic amines) is 1. The number of amides is 1. The van der Waals surface area contributed by atoms with Crippen molar-refractivity contribution < 1.29 is 19.1 Å². The van der Waals surface area contributed by atoms with E-state index in [9.17, 15) is 14.7 Å². The molecule has 160 valence electrons. The summed E-state index contributed by atoms with van der Waals surface area (Å²) in [5.41, 5.74) is 2.38. The quantitative estimate of drug-likeness (QED) is 0.785. The zero-order valence-electron chi connectivity index (χ0n) is 17.5. The number of hydrogen-bond acceptors (Lipinski definition) is 5. The highest BCUT2D eigenvalue weighted by molar-refractivity contribution is 5.86. The minimum absolute atomic E-state index is 0.0489. The standard InChI is InChI=1S/C24H29NO5/c1-15-20(9-8-18-17-6-4-7-19(17)23(27)30-22(15)18)29-14-21(26)25-12-11-24(28)10-3-2-5-16(24)13-25/h8-9,16,28H,2-7,10-14H2,1H3/t16-,24-/m0/s1. The lowest BCUT2D eigenvalue weighted by Crippen LogP contribution is -2.55. The lowest BCUT2D eigenvalue weighted by atomic mass is 9.71. The number of carbonyl (C=O) groups excluding carboxylic acids is 1. The Balaban J connectivity index is 1.31. The van der Waals surface area contributed by atoms with E-state index in [1.165, 1.54) is 0 Å². The van der Waals surface area contributed by atoms with Crippen LogP contribution >= 0.6 is 0 Å². The van der Waals surface area contributed by atoms with E-state index in [-0.39, 0.29) is 24.1 Å². The van der Waals surface area contributed by atoms with E-state index in [2.05, 4.69) is 0 Å². The summed E-state index contributed by atoms with van der Waals surface area (Å²) in [6.45, 7) is 3.01. The van der Waals surface area contributed by atoms with Crippen LogP contribution in [-0.4, -0.2) is 41.2 Å². The van der Waals surface area contributed by atoms with Crippen LogP contribution in [0.4, 0.5) is 0 Å². The van der Waals surface area contributed by atoms with Gasteiger partial charge >= 0.3 is 5.63 Å². The van der Waals surface area contributed by atoms with Gasteiger partial charge in [-0.2, -0.15) is 0 Å². The molecule has 0 radical (unpaired) electrons. The molecular weight excluding hydrogens is 382 g/mol. The van der Waals surface area contributed by atoms with Crippen molar-refractivity contribution in [1.82, 2.24) is 4.90 Å². The summed E-state index contributed by atoms with van der Waals surface area (Å²) in [5.74, 6) is 0.684. The fraction of sp³-hybridized carbons (Fsp3) is 0.583. The van der Waals surface area contributed by atoms with Gasteiger partial charge in [0.15, 0.2) is 6.61 Å². The van der Waals surface area contributed by atoms with Gasteiger partial charge in [0.1, 0.15) is 11.3 Å². The van der Waals surface area contributed by atoms with Crippen LogP contribution in [-0.2, 0) is 17.6 Å². The van der Waals surface area contributed by atoms with Gasteiger partial charge < -0.3 is 19.2 Å². The molecule has 2 fully saturated rings. The van der Waals surface area contributed by atoms with Crippen LogP contribution in [0.1, 0.15) is 55.2 Å². The third-order valence-electron chi connectivity index (χ3n) is 7.47. The lowest BCUT2D eigenvalue weighted by Gasteiger charge is -2.47. The first-order chi connectivity index (χ1) is 14.5. The normalized spacial score (nSPS) is 25.8. The Labute approximate surface area is 175 Å². The fourth-order valence-electron chi connectivity index (χ4n) is 5.65. The van der Waals surface area contributed by atoms with Gasteiger partial charge in [0, 0.05) is 35.5 Å². The van der Waals surface area contributed by atoms with Crippen LogP contribution in [0.25, 0.3) is 11.0 Å². The monoisotopic (exact) mass is 411 g/mol. The summed E-state index contributed by atoms with van der Waals surface area (Å²) < 4.78 is 11.5. The van der Waals surface area contributed by atoms with E-state index in [4.69, 9.17) is 9.15 Å². The largest absolute Gasteiger partial charge is 0.483 e. The summed E-state index contributed by atoms with van der Waals surface area (Å²) in [7, 11) is 0. The van der Waals surface area contributed by atoms with Crippen molar-refractivity contribution in [1.29, 1.82) is 0 Å². The van der Waals surface area contributed by atoms with Crippen LogP contribution in [0.2, 0.25) is 0 Å². The van der Waals surface area contributed by atoms with Gasteiger partial charge in [-0.05, 0) is 63.1 Å². The molecule has 1 amide bonds. The topological polar surface area (TPSA) is 80.0 Å². The van der Waals surface area contributed by atoms with Crippen molar-refractivity contribution in [2.45, 2.75) is 63.9 Å². The molecular formula is C24H29NO5. The highest BCUT2D eigenvalue weighted by Gasteiger charge is 2.43. The summed E-state index contributed by atoms with van der Waals surface area (Å²) in [6, 6.07) is 3.82. The van der Waals surface area contributed by atoms with Crippen molar-refractivity contribution in [3.8, 4) is 5.75 Å². The van der Waals surface area contributed by atoms with E-state index in [0.29, 0.717) is 30.8 Å². The van der Waals surface area contributed by atoms with E-state index < -0.39 is 5.60 Å². The van der Waals surface area contributed by atoms with Crippen molar-refractivity contribution in [2.24, 2.45) is 5.92 Å². The van der Waals surface area contributed by atoms with Crippen LogP contribution in [0.5, 0.6) is 5.75 Å². The molecule has 1 saturated carbocycles. The lowest BCUT2D eigenvalue weighted by molar-refractivity contribution is -0.145. The Hall–Kier alpha value is -2.34. The molecule has 2 aliphatic carbocycles. The molecule has 6 nitrogen and oxygen atoms in total. The third-order valence-corrected chi connectivity index (χ3v) is 7.47. The summed E-state index contributed by atoms with van der Waals surface area (Å²) in [4.78, 5) is 26.9. The molecule has 6 heteroatoms. The van der Waals surface area contributed by atoms with Crippen LogP contribution in [0, 0.1) is 12.8 Å². The van der Waals surface area contributed by atoms with Crippen molar-refractivity contribution in [3.63, 3.8) is 0 Å². The molecule has 1 saturated heterocycles. The Morgan fingerprint density at radius 1 is 1.23 bits per heavy atom. The fourth-order valence-corrected chi connectivity index (χ4v) is 5.65. The number of piperidine rings is 1. The highest BCUT2D eigenvalue weighted by atomic mass is 16.5. The molecule has 2 aromatic rings. The Kier molecular flexibility index (Phi) is 4.85. The maximum absolute atomic E-state index is 12.8. The smallest absolute Gasteiger partial charge is 0.339 e. The summed E-state index contributed by atoms with van der Waals surface area (Å²) >= 11 is 0. The molecule has 1 N–H and O–H groups in total. The van der Waals surface area contributed by atoms with Crippen molar-refractivity contribution in [3.05, 3.63) is 39.2 Å². The SMILES string of the molecule is Cc1c(OCC(=O)N2CC[C@@]3(O)CCCC[C@H]3C2)ccc2c3c(c(=O)oc12)CCC3. The van der Waals surface area contributed by atoms with E-state index in [1.54, 1.807) is 0 Å². The second-order valence-electron chi connectivity index (χ2n) is 9.19. The van der Waals surface area contributed by atoms with Gasteiger partial charge in [0.25, 0.3) is 5.91 Å². The maximum atomic E-state index is 12.8. The molecule has 1 aromatic heterocycles. The first-order valence-corrected chi connectivity index (χ1v) is 11.2. The van der Waals surface area contributed by atoms with Crippen molar-refractivity contribution >= 4 is 16.9 Å². The van der Waals surface area contributed by atoms with Gasteiger partial charge in [0.2, 0.25) is 0 Å². The third kappa shape index (κ3) is 3.22. The molecule has 0 bridgehead atoms. The molecule has 0 unspecified atom stereocenters. The van der Waals surface area contributed by atoms with Gasteiger partial charge in [-0.25, -0.2) is 4.79 Å². The summed E-state index contributed by atoms with van der Waals surface area (Å²) in [5, 5.41) is 11.8. The maximum Gasteiger partial charge on any atom is 0.339 e. The number of aliphatic hydroxyl groups is 1. The molecule has 3 aliphatic rings. The molecule has 0 spiro atoms. The molecule has 2 atom stereocenters. The van der Waals surface area contributed by atoms with Crippen LogP contribution in [0.3, 0.4) is 0 Å². The second-order valence-corrected chi connectivity index (χ2v) is 9.19. The Bertz CT molecular complexity index is 1060. The van der Waals surface area contributed by atoms with Crippen molar-refractivity contribution in [2.75, 3.05) is 19.7 Å². The van der Waals surface area contributed by atoms with Gasteiger partial charge in [0.05, 0.1) is 5.60 Å². The average molecular weight is 411 g/mol. The number of hydrogen-bond donors (Lipinski definition) is 1. The highest BCUT2D eigenvalue weighted by Crippen LogP contribution is 2.40. The minimum atomic E-state index is -0.595. The minimum Gasteiger partial charge on any atom is -0.483 e. The van der Waals surface area contributed by atoms with E-state index in [1.807, 2.05) is 24.0 Å². The summed E-state index contributed by atoms with van der Waals surface area (Å²) in [6.07, 6.45) is 7.34. The molecule has 2 heterocycles. The second kappa shape index (κ2) is 7.41. The predicted octanol–water partition coefficient (Wildman–Crippen LogP) is 3.12. The van der Waals surface area contributed by atoms with Crippen LogP contribution < -0.4 is 10.4 Å². The predicted molar refractivity (Wildman–Crippen MR) is 113 cm³/mol. The number of benzene rings is 1. The van der Waals surface area contributed by atoms with E-state index in [0.717, 1.165) is 67.0 Å².